The number of alkyl halides is 3. The molecule has 0 saturated carbocycles. The molecule has 0 unspecified atom stereocenters. The molecule has 1 atom stereocenters. The summed E-state index contributed by atoms with van der Waals surface area (Å²) in [4.78, 5) is 14.3. The van der Waals surface area contributed by atoms with E-state index in [2.05, 4.69) is 22.4 Å². The van der Waals surface area contributed by atoms with Crippen LogP contribution in [0.1, 0.15) is 40.4 Å². The van der Waals surface area contributed by atoms with Gasteiger partial charge in [-0.25, -0.2) is 4.79 Å². The molecule has 0 spiro atoms. The zero-order valence-electron chi connectivity index (χ0n) is 22.7. The van der Waals surface area contributed by atoms with E-state index in [4.69, 9.17) is 14.2 Å². The first-order chi connectivity index (χ1) is 19.7. The van der Waals surface area contributed by atoms with E-state index in [0.717, 1.165) is 29.8 Å². The molecule has 216 valence electrons. The van der Waals surface area contributed by atoms with Gasteiger partial charge in [0.1, 0.15) is 12.8 Å². The Labute approximate surface area is 237 Å². The number of para-hydroxylation sites is 2. The van der Waals surface area contributed by atoms with E-state index in [0.29, 0.717) is 37.1 Å². The minimum Gasteiger partial charge on any atom is -0.480 e. The summed E-state index contributed by atoms with van der Waals surface area (Å²) < 4.78 is 53.5. The number of fused-ring (bicyclic) bond motifs is 1. The van der Waals surface area contributed by atoms with Crippen LogP contribution in [0.5, 0.6) is 11.5 Å². The van der Waals surface area contributed by atoms with Gasteiger partial charge in [0.15, 0.2) is 18.1 Å². The summed E-state index contributed by atoms with van der Waals surface area (Å²) in [6.45, 7) is 2.41. The Kier molecular flexibility index (Phi) is 10.1. The largest absolute Gasteiger partial charge is 0.480 e. The summed E-state index contributed by atoms with van der Waals surface area (Å²) in [5, 5.41) is 13.1. The summed E-state index contributed by atoms with van der Waals surface area (Å²) in [5.41, 5.74) is 4.18. The lowest BCUT2D eigenvalue weighted by Crippen LogP contribution is -2.31. The number of benzene rings is 3. The molecule has 3 aromatic rings. The second-order valence-corrected chi connectivity index (χ2v) is 9.80. The first-order valence-corrected chi connectivity index (χ1v) is 13.4. The molecule has 7 nitrogen and oxygen atoms in total. The predicted octanol–water partition coefficient (Wildman–Crippen LogP) is 5.67. The highest BCUT2D eigenvalue weighted by molar-refractivity contribution is 5.89. The molecule has 41 heavy (non-hydrogen) atoms. The van der Waals surface area contributed by atoms with E-state index >= 15 is 0 Å². The fourth-order valence-electron chi connectivity index (χ4n) is 4.73. The van der Waals surface area contributed by atoms with Crippen molar-refractivity contribution in [3.05, 3.63) is 89.0 Å². The molecule has 0 saturated heterocycles. The fourth-order valence-corrected chi connectivity index (χ4v) is 4.73. The van der Waals surface area contributed by atoms with Crippen LogP contribution in [0.4, 0.5) is 18.9 Å². The van der Waals surface area contributed by atoms with Crippen LogP contribution in [0.2, 0.25) is 0 Å². The molecule has 0 radical (unpaired) electrons. The van der Waals surface area contributed by atoms with Gasteiger partial charge in [0.2, 0.25) is 0 Å². The quantitative estimate of drug-likeness (QED) is 0.162. The predicted molar refractivity (Wildman–Crippen MR) is 148 cm³/mol. The van der Waals surface area contributed by atoms with Crippen molar-refractivity contribution in [2.45, 2.75) is 38.4 Å². The van der Waals surface area contributed by atoms with Crippen molar-refractivity contribution in [2.24, 2.45) is 0 Å². The first-order valence-electron chi connectivity index (χ1n) is 13.4. The van der Waals surface area contributed by atoms with Gasteiger partial charge in [-0.2, -0.15) is 18.4 Å². The van der Waals surface area contributed by atoms with Crippen molar-refractivity contribution in [1.82, 2.24) is 5.32 Å². The van der Waals surface area contributed by atoms with Gasteiger partial charge in [-0.05, 0) is 67.6 Å². The molecule has 1 N–H and O–H groups in total. The Morgan fingerprint density at radius 2 is 1.78 bits per heavy atom. The topological polar surface area (TPSA) is 83.8 Å². The lowest BCUT2D eigenvalue weighted by Gasteiger charge is -2.21. The zero-order chi connectivity index (χ0) is 29.2. The van der Waals surface area contributed by atoms with E-state index < -0.39 is 12.8 Å². The van der Waals surface area contributed by atoms with E-state index in [1.165, 1.54) is 6.07 Å². The van der Waals surface area contributed by atoms with Crippen LogP contribution in [0, 0.1) is 11.3 Å². The van der Waals surface area contributed by atoms with Crippen LogP contribution in [0.3, 0.4) is 0 Å². The number of anilines is 1. The highest BCUT2D eigenvalue weighted by Crippen LogP contribution is 2.33. The van der Waals surface area contributed by atoms with Crippen molar-refractivity contribution in [2.75, 3.05) is 37.9 Å². The molecule has 4 rings (SSSR count). The minimum absolute atomic E-state index is 0.0236. The Bertz CT molecular complexity index is 1360. The number of rotatable bonds is 13. The maximum atomic E-state index is 12.5. The number of nitrogens with zero attached hydrogens (tertiary/aromatic N) is 2. The molecule has 1 aliphatic rings. The van der Waals surface area contributed by atoms with Gasteiger partial charge in [-0.1, -0.05) is 36.4 Å². The first kappa shape index (κ1) is 29.7. The minimum atomic E-state index is -4.44. The summed E-state index contributed by atoms with van der Waals surface area (Å²) in [6.07, 6.45) is -2.34. The molecular formula is C31H32F3N3O4. The van der Waals surface area contributed by atoms with Crippen LogP contribution >= 0.6 is 0 Å². The lowest BCUT2D eigenvalue weighted by molar-refractivity contribution is -0.153. The van der Waals surface area contributed by atoms with E-state index in [1.54, 1.807) is 42.5 Å². The SMILES string of the molecule is C[C@H](Cc1cc(C#N)c2c(c1)CCN2CCCOC(=O)c1ccccc1)NCOc1ccccc1OCC(F)(F)F. The molecular weight excluding hydrogens is 535 g/mol. The van der Waals surface area contributed by atoms with Crippen LogP contribution in [-0.4, -0.2) is 51.2 Å². The number of hydrogen-bond donors (Lipinski definition) is 1. The molecule has 0 fully saturated rings. The third-order valence-electron chi connectivity index (χ3n) is 6.59. The Morgan fingerprint density at radius 3 is 2.49 bits per heavy atom. The van der Waals surface area contributed by atoms with Crippen LogP contribution in [0.15, 0.2) is 66.7 Å². The third-order valence-corrected chi connectivity index (χ3v) is 6.59. The van der Waals surface area contributed by atoms with Crippen molar-refractivity contribution < 1.29 is 32.2 Å². The van der Waals surface area contributed by atoms with Gasteiger partial charge in [-0.3, -0.25) is 5.32 Å². The Morgan fingerprint density at radius 1 is 1.07 bits per heavy atom. The summed E-state index contributed by atoms with van der Waals surface area (Å²) in [7, 11) is 0. The van der Waals surface area contributed by atoms with Gasteiger partial charge < -0.3 is 19.1 Å². The second kappa shape index (κ2) is 13.9. The van der Waals surface area contributed by atoms with Crippen molar-refractivity contribution in [3.8, 4) is 17.6 Å². The Balaban J connectivity index is 1.27. The maximum Gasteiger partial charge on any atom is 0.422 e. The van der Waals surface area contributed by atoms with Crippen LogP contribution in [-0.2, 0) is 17.6 Å². The summed E-state index contributed by atoms with van der Waals surface area (Å²) in [5.74, 6) is -0.104. The molecule has 3 aromatic carbocycles. The second-order valence-electron chi connectivity index (χ2n) is 9.80. The number of carbonyl (C=O) groups is 1. The molecule has 0 aromatic heterocycles. The lowest BCUT2D eigenvalue weighted by atomic mass is 9.99. The van der Waals surface area contributed by atoms with Gasteiger partial charge >= 0.3 is 12.1 Å². The number of halogens is 3. The summed E-state index contributed by atoms with van der Waals surface area (Å²) in [6, 6.07) is 21.4. The molecule has 0 aliphatic carbocycles. The number of carbonyl (C=O) groups excluding carboxylic acids is 1. The average Bonchev–Trinajstić information content (AvgIpc) is 3.37. The summed E-state index contributed by atoms with van der Waals surface area (Å²) >= 11 is 0. The van der Waals surface area contributed by atoms with Gasteiger partial charge in [-0.15, -0.1) is 0 Å². The number of esters is 1. The molecule has 1 heterocycles. The number of nitriles is 1. The average molecular weight is 568 g/mol. The normalized spacial score (nSPS) is 13.3. The highest BCUT2D eigenvalue weighted by atomic mass is 19.4. The van der Waals surface area contributed by atoms with E-state index in [1.807, 2.05) is 19.1 Å². The van der Waals surface area contributed by atoms with Crippen molar-refractivity contribution >= 4 is 11.7 Å². The third kappa shape index (κ3) is 8.63. The number of hydrogen-bond acceptors (Lipinski definition) is 7. The number of ether oxygens (including phenoxy) is 3. The smallest absolute Gasteiger partial charge is 0.422 e. The monoisotopic (exact) mass is 567 g/mol. The van der Waals surface area contributed by atoms with Crippen molar-refractivity contribution in [3.63, 3.8) is 0 Å². The molecule has 0 amide bonds. The molecule has 10 heteroatoms. The van der Waals surface area contributed by atoms with Crippen LogP contribution < -0.4 is 19.7 Å². The van der Waals surface area contributed by atoms with E-state index in [-0.39, 0.29) is 30.2 Å². The Hall–Kier alpha value is -4.23. The fraction of sp³-hybridized carbons (Fsp3) is 0.355. The van der Waals surface area contributed by atoms with E-state index in [9.17, 15) is 23.2 Å². The molecule has 1 aliphatic heterocycles. The standard InChI is InChI=1S/C31H32F3N3O4/c1-22(36-21-41-28-11-6-5-10-27(28)40-20-31(32,33)34)16-23-17-25-12-14-37(29(25)26(18-23)19-35)13-7-15-39-30(38)24-8-3-2-4-9-24/h2-6,8-11,17-18,22,36H,7,12-16,20-21H2,1H3/t22-/m1/s1. The van der Waals surface area contributed by atoms with Crippen molar-refractivity contribution in [1.29, 1.82) is 5.26 Å². The van der Waals surface area contributed by atoms with Gasteiger partial charge in [0.25, 0.3) is 0 Å². The number of nitrogens with one attached hydrogen (secondary N) is 1. The van der Waals surface area contributed by atoms with Crippen LogP contribution in [0.25, 0.3) is 0 Å². The molecule has 0 bridgehead atoms. The van der Waals surface area contributed by atoms with Gasteiger partial charge in [0.05, 0.1) is 23.4 Å². The van der Waals surface area contributed by atoms with Gasteiger partial charge in [0, 0.05) is 19.1 Å². The zero-order valence-corrected chi connectivity index (χ0v) is 22.7. The highest BCUT2D eigenvalue weighted by Gasteiger charge is 2.29. The maximum absolute atomic E-state index is 12.5.